The van der Waals surface area contributed by atoms with Crippen LogP contribution in [0.1, 0.15) is 23.1 Å². The molecule has 0 saturated heterocycles. The van der Waals surface area contributed by atoms with Gasteiger partial charge in [0, 0.05) is 57.5 Å². The quantitative estimate of drug-likeness (QED) is 0.261. The second-order valence-corrected chi connectivity index (χ2v) is 12.1. The maximum absolute atomic E-state index is 14.1. The van der Waals surface area contributed by atoms with Crippen molar-refractivity contribution in [2.45, 2.75) is 31.0 Å². The molecule has 1 fully saturated rings. The summed E-state index contributed by atoms with van der Waals surface area (Å²) in [6.07, 6.45) is 0.196. The van der Waals surface area contributed by atoms with Crippen LogP contribution >= 0.6 is 0 Å². The third kappa shape index (κ3) is 4.61. The number of phenols is 1. The first kappa shape index (κ1) is 31.0. The number of amides is 2. The Labute approximate surface area is 244 Å². The molecule has 0 aromatic heterocycles. The van der Waals surface area contributed by atoms with Gasteiger partial charge in [0.25, 0.3) is 5.91 Å². The van der Waals surface area contributed by atoms with Gasteiger partial charge in [0.05, 0.1) is 18.2 Å². The highest BCUT2D eigenvalue weighted by Crippen LogP contribution is 2.54. The fourth-order valence-electron chi connectivity index (χ4n) is 6.58. The number of benzene rings is 1. The van der Waals surface area contributed by atoms with E-state index in [9.17, 15) is 39.6 Å². The van der Waals surface area contributed by atoms with Crippen molar-refractivity contribution < 1.29 is 39.6 Å². The number of Topliss-reactive ketones (excluding diaryl/α,β-unsaturated/α-hetero) is 2. The number of likely N-dealkylation sites (N-methyl/N-ethyl adjacent to an activating group) is 3. The van der Waals surface area contributed by atoms with E-state index in [4.69, 9.17) is 5.73 Å². The summed E-state index contributed by atoms with van der Waals surface area (Å²) in [5.74, 6) is -7.07. The molecule has 0 unspecified atom stereocenters. The third-order valence-corrected chi connectivity index (χ3v) is 8.60. The third-order valence-electron chi connectivity index (χ3n) is 8.60. The number of rotatable bonds is 7. The first-order chi connectivity index (χ1) is 19.4. The van der Waals surface area contributed by atoms with E-state index >= 15 is 0 Å². The van der Waals surface area contributed by atoms with E-state index in [2.05, 4.69) is 0 Å². The summed E-state index contributed by atoms with van der Waals surface area (Å²) in [6.45, 7) is 0.214. The van der Waals surface area contributed by atoms with Crippen molar-refractivity contribution in [3.8, 4) is 5.75 Å². The number of carbonyl (C=O) groups excluding carboxylic acids is 4. The molecule has 13 heteroatoms. The molecule has 13 nitrogen and oxygen atoms in total. The van der Waals surface area contributed by atoms with Crippen LogP contribution in [0.4, 0.5) is 5.69 Å². The van der Waals surface area contributed by atoms with Gasteiger partial charge in [-0.3, -0.25) is 29.0 Å². The Morgan fingerprint density at radius 3 is 2.19 bits per heavy atom. The second kappa shape index (κ2) is 10.7. The summed E-state index contributed by atoms with van der Waals surface area (Å²) in [5, 5.41) is 45.8. The lowest BCUT2D eigenvalue weighted by Gasteiger charge is -2.50. The fourth-order valence-corrected chi connectivity index (χ4v) is 6.58. The Bertz CT molecular complexity index is 1450. The highest BCUT2D eigenvalue weighted by molar-refractivity contribution is 6.24. The summed E-state index contributed by atoms with van der Waals surface area (Å²) in [4.78, 5) is 58.2. The van der Waals surface area contributed by atoms with Gasteiger partial charge in [0.2, 0.25) is 11.7 Å². The number of nitrogens with zero attached hydrogens (tertiary/aromatic N) is 4. The minimum atomic E-state index is -2.70. The molecule has 0 radical (unpaired) electrons. The SMILES string of the molecule is CN(CC(=O)N(C)C)Cc1cc(N(C)C)c2c(c1O)C(O)=C1C(=O)[C@]3(O)C(O)=C(C(N)=O)C(=O)[C@@H](N(C)C)[C@@H]3C[C@@H]1C2. The zero-order valence-electron chi connectivity index (χ0n) is 24.9. The molecular formula is C29H39N5O8. The number of hydrogen-bond donors (Lipinski definition) is 5. The number of aromatic hydroxyl groups is 1. The van der Waals surface area contributed by atoms with Crippen LogP contribution in [0.15, 0.2) is 23.0 Å². The van der Waals surface area contributed by atoms with Crippen molar-refractivity contribution in [2.75, 3.05) is 60.8 Å². The lowest BCUT2D eigenvalue weighted by atomic mass is 9.57. The predicted molar refractivity (Wildman–Crippen MR) is 154 cm³/mol. The van der Waals surface area contributed by atoms with Gasteiger partial charge in [-0.05, 0) is 51.5 Å². The minimum absolute atomic E-state index is 0.0104. The molecule has 6 N–H and O–H groups in total. The molecule has 0 heterocycles. The predicted octanol–water partition coefficient (Wildman–Crippen LogP) is -0.450. The molecule has 42 heavy (non-hydrogen) atoms. The first-order valence-electron chi connectivity index (χ1n) is 13.5. The van der Waals surface area contributed by atoms with Crippen LogP contribution in [0, 0.1) is 11.8 Å². The number of primary amides is 1. The van der Waals surface area contributed by atoms with Gasteiger partial charge in [0.1, 0.15) is 22.8 Å². The largest absolute Gasteiger partial charge is 0.508 e. The number of anilines is 1. The fraction of sp³-hybridized carbons (Fsp3) is 0.517. The molecule has 1 aromatic carbocycles. The van der Waals surface area contributed by atoms with E-state index in [1.807, 2.05) is 4.90 Å². The van der Waals surface area contributed by atoms with E-state index in [0.717, 1.165) is 0 Å². The normalized spacial score (nSPS) is 25.4. The molecule has 0 bridgehead atoms. The van der Waals surface area contributed by atoms with Crippen molar-refractivity contribution in [2.24, 2.45) is 17.6 Å². The Kier molecular flexibility index (Phi) is 7.91. The Balaban J connectivity index is 1.90. The molecule has 4 atom stereocenters. The monoisotopic (exact) mass is 585 g/mol. The molecule has 4 rings (SSSR count). The van der Waals surface area contributed by atoms with Crippen LogP contribution < -0.4 is 10.6 Å². The molecule has 1 saturated carbocycles. The maximum Gasteiger partial charge on any atom is 0.255 e. The molecule has 3 aliphatic rings. The first-order valence-corrected chi connectivity index (χ1v) is 13.5. The molecule has 1 aromatic rings. The average molecular weight is 586 g/mol. The van der Waals surface area contributed by atoms with Gasteiger partial charge < -0.3 is 36.0 Å². The van der Waals surface area contributed by atoms with Gasteiger partial charge in [0.15, 0.2) is 11.4 Å². The van der Waals surface area contributed by atoms with Crippen molar-refractivity contribution in [3.05, 3.63) is 39.7 Å². The maximum atomic E-state index is 14.1. The van der Waals surface area contributed by atoms with Crippen LogP contribution in [0.5, 0.6) is 5.75 Å². The van der Waals surface area contributed by atoms with Crippen LogP contribution in [-0.4, -0.2) is 126 Å². The lowest BCUT2D eigenvalue weighted by Crippen LogP contribution is -2.65. The highest BCUT2D eigenvalue weighted by atomic mass is 16.3. The Morgan fingerprint density at radius 2 is 1.67 bits per heavy atom. The number of ketones is 2. The number of nitrogens with two attached hydrogens (primary N) is 1. The zero-order valence-corrected chi connectivity index (χ0v) is 24.9. The van der Waals surface area contributed by atoms with Gasteiger partial charge in [-0.2, -0.15) is 0 Å². The molecule has 3 aliphatic carbocycles. The van der Waals surface area contributed by atoms with Gasteiger partial charge >= 0.3 is 0 Å². The van der Waals surface area contributed by atoms with Gasteiger partial charge in [-0.1, -0.05) is 0 Å². The van der Waals surface area contributed by atoms with Crippen molar-refractivity contribution in [1.82, 2.24) is 14.7 Å². The smallest absolute Gasteiger partial charge is 0.255 e. The van der Waals surface area contributed by atoms with E-state index in [1.54, 1.807) is 60.3 Å². The van der Waals surface area contributed by atoms with E-state index in [1.165, 1.54) is 9.80 Å². The van der Waals surface area contributed by atoms with E-state index < -0.39 is 58.0 Å². The van der Waals surface area contributed by atoms with Crippen LogP contribution in [0.25, 0.3) is 5.76 Å². The number of phenolic OH excluding ortho intramolecular Hbond substituents is 1. The number of aliphatic hydroxyl groups excluding tert-OH is 2. The Hall–Kier alpha value is -3.94. The molecular weight excluding hydrogens is 546 g/mol. The zero-order chi connectivity index (χ0) is 31.6. The number of fused-ring (bicyclic) bond motifs is 3. The standard InChI is InChI=1S/C29H39N5O8/c1-31(2)17-10-14(11-34(7)12-18(35)32(3)4)23(36)20-15(17)8-13-9-16-22(33(5)6)25(38)21(28(30)41)27(40)29(16,42)26(39)19(13)24(20)37/h10,13,16,22,36-37,40,42H,8-9,11-12H2,1-7H3,(H2,30,41)/t13-,16-,22-,29-/m0/s1. The van der Waals surface area contributed by atoms with E-state index in [0.29, 0.717) is 16.8 Å². The molecule has 0 aliphatic heterocycles. The number of carbonyl (C=O) groups is 4. The average Bonchev–Trinajstić information content (AvgIpc) is 2.87. The summed E-state index contributed by atoms with van der Waals surface area (Å²) in [6, 6.07) is 0.622. The summed E-state index contributed by atoms with van der Waals surface area (Å²) in [7, 11) is 11.7. The van der Waals surface area contributed by atoms with E-state index in [-0.39, 0.29) is 48.7 Å². The lowest BCUT2D eigenvalue weighted by molar-refractivity contribution is -0.153. The summed E-state index contributed by atoms with van der Waals surface area (Å²) in [5.41, 5.74) is 3.26. The van der Waals surface area contributed by atoms with Crippen molar-refractivity contribution in [3.63, 3.8) is 0 Å². The second-order valence-electron chi connectivity index (χ2n) is 12.1. The molecule has 228 valence electrons. The highest BCUT2D eigenvalue weighted by Gasteiger charge is 2.64. The van der Waals surface area contributed by atoms with Gasteiger partial charge in [-0.25, -0.2) is 0 Å². The number of hydrogen-bond acceptors (Lipinski definition) is 11. The molecule has 0 spiro atoms. The van der Waals surface area contributed by atoms with Gasteiger partial charge in [-0.15, -0.1) is 0 Å². The number of aliphatic hydroxyl groups is 3. The molecule has 2 amide bonds. The van der Waals surface area contributed by atoms with Crippen molar-refractivity contribution >= 4 is 34.8 Å². The topological polar surface area (TPSA) is 188 Å². The minimum Gasteiger partial charge on any atom is -0.508 e. The Morgan fingerprint density at radius 1 is 1.05 bits per heavy atom. The summed E-state index contributed by atoms with van der Waals surface area (Å²) >= 11 is 0. The van der Waals surface area contributed by atoms with Crippen LogP contribution in [-0.2, 0) is 32.1 Å². The van der Waals surface area contributed by atoms with Crippen molar-refractivity contribution in [1.29, 1.82) is 0 Å². The van der Waals surface area contributed by atoms with Crippen LogP contribution in [0.2, 0.25) is 0 Å². The van der Waals surface area contributed by atoms with Crippen LogP contribution in [0.3, 0.4) is 0 Å². The summed E-state index contributed by atoms with van der Waals surface area (Å²) < 4.78 is 0.